The van der Waals surface area contributed by atoms with Gasteiger partial charge in [-0.05, 0) is 25.3 Å². The number of halogens is 1. The third kappa shape index (κ3) is 2.70. The molecule has 2 fully saturated rings. The van der Waals surface area contributed by atoms with Gasteiger partial charge < -0.3 is 24.5 Å². The first kappa shape index (κ1) is 17.8. The van der Waals surface area contributed by atoms with Crippen molar-refractivity contribution in [1.82, 2.24) is 14.9 Å². The zero-order chi connectivity index (χ0) is 20.3. The van der Waals surface area contributed by atoms with Gasteiger partial charge >= 0.3 is 6.09 Å². The lowest BCUT2D eigenvalue weighted by Crippen LogP contribution is -2.36. The Hall–Kier alpha value is -3.30. The van der Waals surface area contributed by atoms with Gasteiger partial charge in [0.15, 0.2) is 29.1 Å². The maximum absolute atomic E-state index is 15.3. The number of hydrogen-bond donors (Lipinski definition) is 2. The van der Waals surface area contributed by atoms with Gasteiger partial charge in [0, 0.05) is 19.1 Å². The van der Waals surface area contributed by atoms with Crippen LogP contribution in [0.2, 0.25) is 0 Å². The Morgan fingerprint density at radius 2 is 2.21 bits per heavy atom. The molecular formula is C19H19FN4O5. The number of nitrogens with one attached hydrogen (secondary N) is 1. The number of rotatable bonds is 4. The van der Waals surface area contributed by atoms with Crippen LogP contribution < -0.4 is 20.5 Å². The van der Waals surface area contributed by atoms with Gasteiger partial charge in [-0.2, -0.15) is 0 Å². The quantitative estimate of drug-likeness (QED) is 0.690. The summed E-state index contributed by atoms with van der Waals surface area (Å²) in [7, 11) is 1.44. The molecule has 1 amide bonds. The second-order valence-corrected chi connectivity index (χ2v) is 7.45. The summed E-state index contributed by atoms with van der Waals surface area (Å²) in [5.41, 5.74) is 0.826. The molecule has 1 saturated carbocycles. The normalized spacial score (nSPS) is 19.2. The van der Waals surface area contributed by atoms with Crippen LogP contribution >= 0.6 is 0 Å². The molecule has 1 atom stereocenters. The van der Waals surface area contributed by atoms with E-state index in [4.69, 9.17) is 14.3 Å². The van der Waals surface area contributed by atoms with Crippen molar-refractivity contribution in [3.63, 3.8) is 0 Å². The van der Waals surface area contributed by atoms with Crippen LogP contribution in [0.15, 0.2) is 21.7 Å². The van der Waals surface area contributed by atoms with Gasteiger partial charge in [0.25, 0.3) is 5.56 Å². The average Bonchev–Trinajstić information content (AvgIpc) is 3.20. The van der Waals surface area contributed by atoms with E-state index in [1.165, 1.54) is 19.6 Å². The molecule has 3 aromatic rings. The molecule has 5 rings (SSSR count). The molecule has 152 valence electrons. The van der Waals surface area contributed by atoms with Crippen molar-refractivity contribution in [2.45, 2.75) is 31.3 Å². The number of benzene rings is 1. The molecule has 0 spiro atoms. The number of amides is 1. The molecule has 2 aromatic heterocycles. The highest BCUT2D eigenvalue weighted by Crippen LogP contribution is 2.45. The Kier molecular flexibility index (Phi) is 3.90. The number of hydrogen-bond acceptors (Lipinski definition) is 6. The van der Waals surface area contributed by atoms with Crippen molar-refractivity contribution < 1.29 is 23.4 Å². The molecular weight excluding hydrogens is 383 g/mol. The monoisotopic (exact) mass is 402 g/mol. The molecule has 2 N–H and O–H groups in total. The third-order valence-electron chi connectivity index (χ3n) is 5.61. The van der Waals surface area contributed by atoms with Crippen molar-refractivity contribution in [3.8, 4) is 5.75 Å². The van der Waals surface area contributed by atoms with Crippen LogP contribution in [0.4, 0.5) is 14.9 Å². The van der Waals surface area contributed by atoms with Crippen LogP contribution in [0, 0.1) is 5.82 Å². The average molecular weight is 402 g/mol. The Labute approximate surface area is 163 Å². The van der Waals surface area contributed by atoms with Crippen molar-refractivity contribution in [1.29, 1.82) is 0 Å². The van der Waals surface area contributed by atoms with E-state index in [9.17, 15) is 9.59 Å². The van der Waals surface area contributed by atoms with E-state index in [-0.39, 0.29) is 40.2 Å². The van der Waals surface area contributed by atoms with E-state index in [0.717, 1.165) is 12.8 Å². The first-order chi connectivity index (χ1) is 14.0. The number of methoxy groups -OCH3 is 1. The van der Waals surface area contributed by atoms with E-state index in [1.807, 2.05) is 0 Å². The fourth-order valence-electron chi connectivity index (χ4n) is 4.25. The molecule has 9 nitrogen and oxygen atoms in total. The summed E-state index contributed by atoms with van der Waals surface area (Å²) in [6.07, 6.45) is 2.32. The Balaban J connectivity index is 1.75. The number of oxazole rings is 1. The minimum absolute atomic E-state index is 0.0123. The van der Waals surface area contributed by atoms with Gasteiger partial charge in [-0.1, -0.05) is 0 Å². The minimum atomic E-state index is -1.11. The summed E-state index contributed by atoms with van der Waals surface area (Å²) in [5, 5.41) is 11.8. The Morgan fingerprint density at radius 3 is 2.90 bits per heavy atom. The first-order valence-corrected chi connectivity index (χ1v) is 9.42. The van der Waals surface area contributed by atoms with Crippen LogP contribution in [0.1, 0.15) is 25.3 Å². The molecule has 1 aromatic carbocycles. The number of pyridine rings is 1. The molecule has 1 aliphatic carbocycles. The predicted octanol–water partition coefficient (Wildman–Crippen LogP) is 2.47. The number of nitrogens with zero attached hydrogens (tertiary/aromatic N) is 3. The van der Waals surface area contributed by atoms with Gasteiger partial charge in [0.05, 0.1) is 18.5 Å². The fraction of sp³-hybridized carbons (Fsp3) is 0.421. The number of fused-ring (bicyclic) bond motifs is 3. The van der Waals surface area contributed by atoms with E-state index >= 15 is 4.39 Å². The molecule has 2 aliphatic rings. The molecule has 1 saturated heterocycles. The summed E-state index contributed by atoms with van der Waals surface area (Å²) in [6, 6.07) is 1.05. The Bertz CT molecular complexity index is 1200. The fourth-order valence-corrected chi connectivity index (χ4v) is 4.25. The molecule has 1 unspecified atom stereocenters. The van der Waals surface area contributed by atoms with Gasteiger partial charge in [0.1, 0.15) is 11.2 Å². The molecule has 10 heteroatoms. The van der Waals surface area contributed by atoms with E-state index in [2.05, 4.69) is 10.3 Å². The summed E-state index contributed by atoms with van der Waals surface area (Å²) in [6.45, 7) is 0.769. The highest BCUT2D eigenvalue weighted by atomic mass is 19.1. The van der Waals surface area contributed by atoms with Gasteiger partial charge in [-0.15, -0.1) is 0 Å². The second kappa shape index (κ2) is 6.36. The number of anilines is 1. The summed E-state index contributed by atoms with van der Waals surface area (Å²) in [4.78, 5) is 29.8. The van der Waals surface area contributed by atoms with Gasteiger partial charge in [0.2, 0.25) is 0 Å². The highest BCUT2D eigenvalue weighted by molar-refractivity contribution is 6.05. The minimum Gasteiger partial charge on any atom is -0.492 e. The molecule has 3 heterocycles. The van der Waals surface area contributed by atoms with Crippen LogP contribution in [-0.2, 0) is 0 Å². The molecule has 0 bridgehead atoms. The smallest absolute Gasteiger partial charge is 0.404 e. The maximum Gasteiger partial charge on any atom is 0.404 e. The third-order valence-corrected chi connectivity index (χ3v) is 5.61. The molecule has 1 aliphatic heterocycles. The zero-order valence-corrected chi connectivity index (χ0v) is 15.6. The first-order valence-electron chi connectivity index (χ1n) is 9.42. The maximum atomic E-state index is 15.3. The van der Waals surface area contributed by atoms with Gasteiger partial charge in [-0.25, -0.2) is 14.2 Å². The van der Waals surface area contributed by atoms with Crippen LogP contribution in [0.3, 0.4) is 0 Å². The largest absolute Gasteiger partial charge is 0.492 e. The van der Waals surface area contributed by atoms with E-state index in [1.54, 1.807) is 9.47 Å². The van der Waals surface area contributed by atoms with Crippen LogP contribution in [-0.4, -0.2) is 47.0 Å². The van der Waals surface area contributed by atoms with E-state index < -0.39 is 11.9 Å². The summed E-state index contributed by atoms with van der Waals surface area (Å²) in [5.74, 6) is -0.276. The lowest BCUT2D eigenvalue weighted by Gasteiger charge is -2.24. The zero-order valence-electron chi connectivity index (χ0n) is 15.6. The van der Waals surface area contributed by atoms with E-state index in [0.29, 0.717) is 30.4 Å². The van der Waals surface area contributed by atoms with Crippen molar-refractivity contribution in [2.75, 3.05) is 25.1 Å². The highest BCUT2D eigenvalue weighted by Gasteiger charge is 2.34. The standard InChI is InChI=1S/C19H19FN4O5/c1-28-17-14-11(16-13(21-8-29-16)18(25)24(14)10-2-3-10)6-12(20)15(17)23-5-4-9(7-23)22-19(26)27/h6,8-10,22H,2-5,7H2,1H3,(H,26,27). The lowest BCUT2D eigenvalue weighted by molar-refractivity contribution is 0.191. The van der Waals surface area contributed by atoms with Gasteiger partial charge in [-0.3, -0.25) is 9.36 Å². The number of ether oxygens (including phenoxy) is 1. The summed E-state index contributed by atoms with van der Waals surface area (Å²) < 4.78 is 28.0. The number of carboxylic acid groups (broad SMARTS) is 1. The van der Waals surface area contributed by atoms with Crippen molar-refractivity contribution in [3.05, 3.63) is 28.6 Å². The molecule has 29 heavy (non-hydrogen) atoms. The number of aromatic nitrogens is 2. The second-order valence-electron chi connectivity index (χ2n) is 7.45. The van der Waals surface area contributed by atoms with Crippen LogP contribution in [0.25, 0.3) is 22.0 Å². The van der Waals surface area contributed by atoms with Crippen molar-refractivity contribution >= 4 is 33.8 Å². The lowest BCUT2D eigenvalue weighted by atomic mass is 10.1. The number of carbonyl (C=O) groups is 1. The Morgan fingerprint density at radius 1 is 1.41 bits per heavy atom. The predicted molar refractivity (Wildman–Crippen MR) is 102 cm³/mol. The SMILES string of the molecule is COc1c(N2CCC(NC(=O)O)C2)c(F)cc2c3ocnc3c(=O)n(C3CC3)c12. The molecule has 0 radical (unpaired) electrons. The van der Waals surface area contributed by atoms with Crippen LogP contribution in [0.5, 0.6) is 5.75 Å². The van der Waals surface area contributed by atoms with Crippen molar-refractivity contribution in [2.24, 2.45) is 0 Å². The topological polar surface area (TPSA) is 110 Å². The summed E-state index contributed by atoms with van der Waals surface area (Å²) >= 11 is 0.